The zero-order valence-corrected chi connectivity index (χ0v) is 12.1. The SMILES string of the molecule is CCNC(Cc1cccc(F)c1)c1ccncc1CC. The lowest BCUT2D eigenvalue weighted by Crippen LogP contribution is -2.24. The molecule has 1 atom stereocenters. The highest BCUT2D eigenvalue weighted by Gasteiger charge is 2.14. The summed E-state index contributed by atoms with van der Waals surface area (Å²) in [6, 6.07) is 9.08. The first kappa shape index (κ1) is 14.7. The lowest BCUT2D eigenvalue weighted by molar-refractivity contribution is 0.542. The molecule has 0 aliphatic carbocycles. The number of rotatable bonds is 6. The van der Waals surface area contributed by atoms with Crippen LogP contribution in [0, 0.1) is 5.82 Å². The van der Waals surface area contributed by atoms with E-state index in [0.29, 0.717) is 0 Å². The fraction of sp³-hybridized carbons (Fsp3) is 0.353. The molecule has 1 heterocycles. The van der Waals surface area contributed by atoms with Crippen LogP contribution in [0.4, 0.5) is 4.39 Å². The second-order valence-electron chi connectivity index (χ2n) is 4.87. The van der Waals surface area contributed by atoms with Gasteiger partial charge in [0.1, 0.15) is 5.82 Å². The van der Waals surface area contributed by atoms with Gasteiger partial charge in [-0.05, 0) is 54.3 Å². The van der Waals surface area contributed by atoms with Crippen molar-refractivity contribution in [2.24, 2.45) is 0 Å². The maximum Gasteiger partial charge on any atom is 0.123 e. The monoisotopic (exact) mass is 272 g/mol. The number of hydrogen-bond acceptors (Lipinski definition) is 2. The van der Waals surface area contributed by atoms with Crippen molar-refractivity contribution in [1.29, 1.82) is 0 Å². The summed E-state index contributed by atoms with van der Waals surface area (Å²) < 4.78 is 13.3. The van der Waals surface area contributed by atoms with Crippen molar-refractivity contribution in [1.82, 2.24) is 10.3 Å². The van der Waals surface area contributed by atoms with Crippen molar-refractivity contribution in [3.63, 3.8) is 0 Å². The molecule has 106 valence electrons. The second kappa shape index (κ2) is 7.15. The third kappa shape index (κ3) is 3.64. The Morgan fingerprint density at radius 3 is 2.80 bits per heavy atom. The summed E-state index contributed by atoms with van der Waals surface area (Å²) in [6.45, 7) is 5.10. The summed E-state index contributed by atoms with van der Waals surface area (Å²) >= 11 is 0. The van der Waals surface area contributed by atoms with Gasteiger partial charge >= 0.3 is 0 Å². The summed E-state index contributed by atoms with van der Waals surface area (Å²) in [5.74, 6) is -0.178. The third-order valence-electron chi connectivity index (χ3n) is 3.48. The Hall–Kier alpha value is -1.74. The summed E-state index contributed by atoms with van der Waals surface area (Å²) in [4.78, 5) is 4.19. The topological polar surface area (TPSA) is 24.9 Å². The van der Waals surface area contributed by atoms with E-state index in [1.807, 2.05) is 18.5 Å². The first-order valence-corrected chi connectivity index (χ1v) is 7.15. The maximum absolute atomic E-state index is 13.3. The van der Waals surface area contributed by atoms with Crippen LogP contribution in [-0.2, 0) is 12.8 Å². The summed E-state index contributed by atoms with van der Waals surface area (Å²) in [7, 11) is 0. The second-order valence-corrected chi connectivity index (χ2v) is 4.87. The van der Waals surface area contributed by atoms with Crippen molar-refractivity contribution >= 4 is 0 Å². The van der Waals surface area contributed by atoms with Gasteiger partial charge in [0.05, 0.1) is 0 Å². The van der Waals surface area contributed by atoms with Crippen LogP contribution in [0.5, 0.6) is 0 Å². The van der Waals surface area contributed by atoms with Crippen LogP contribution >= 0.6 is 0 Å². The van der Waals surface area contributed by atoms with Crippen LogP contribution in [-0.4, -0.2) is 11.5 Å². The molecule has 20 heavy (non-hydrogen) atoms. The average molecular weight is 272 g/mol. The molecular formula is C17H21FN2. The lowest BCUT2D eigenvalue weighted by Gasteiger charge is -2.21. The molecule has 3 heteroatoms. The zero-order chi connectivity index (χ0) is 14.4. The van der Waals surface area contributed by atoms with Crippen molar-refractivity contribution in [2.75, 3.05) is 6.54 Å². The van der Waals surface area contributed by atoms with Gasteiger partial charge in [-0.15, -0.1) is 0 Å². The van der Waals surface area contributed by atoms with E-state index in [-0.39, 0.29) is 11.9 Å². The highest BCUT2D eigenvalue weighted by atomic mass is 19.1. The van der Waals surface area contributed by atoms with Crippen LogP contribution in [0.1, 0.15) is 36.6 Å². The van der Waals surface area contributed by atoms with Gasteiger partial charge in [-0.25, -0.2) is 4.39 Å². The Kier molecular flexibility index (Phi) is 5.24. The standard InChI is InChI=1S/C17H21FN2/c1-3-14-12-19-9-8-16(14)17(20-4-2)11-13-6-5-7-15(18)10-13/h5-10,12,17,20H,3-4,11H2,1-2H3. The smallest absolute Gasteiger partial charge is 0.123 e. The van der Waals surface area contributed by atoms with Gasteiger partial charge in [-0.1, -0.05) is 26.0 Å². The third-order valence-corrected chi connectivity index (χ3v) is 3.48. The largest absolute Gasteiger partial charge is 0.310 e. The highest BCUT2D eigenvalue weighted by molar-refractivity contribution is 5.29. The molecule has 0 fully saturated rings. The van der Waals surface area contributed by atoms with Crippen molar-refractivity contribution in [2.45, 2.75) is 32.7 Å². The molecular weight excluding hydrogens is 251 g/mol. The number of likely N-dealkylation sites (N-methyl/N-ethyl adjacent to an activating group) is 1. The fourth-order valence-electron chi connectivity index (χ4n) is 2.51. The van der Waals surface area contributed by atoms with Crippen LogP contribution in [0.3, 0.4) is 0 Å². The number of aryl methyl sites for hydroxylation is 1. The first-order chi connectivity index (χ1) is 9.74. The van der Waals surface area contributed by atoms with Gasteiger partial charge in [0.25, 0.3) is 0 Å². The summed E-state index contributed by atoms with van der Waals surface area (Å²) in [5, 5.41) is 3.49. The Morgan fingerprint density at radius 2 is 2.10 bits per heavy atom. The molecule has 2 nitrogen and oxygen atoms in total. The Morgan fingerprint density at radius 1 is 1.25 bits per heavy atom. The van der Waals surface area contributed by atoms with E-state index in [1.165, 1.54) is 17.2 Å². The molecule has 0 aliphatic heterocycles. The number of aromatic nitrogens is 1. The Bertz CT molecular complexity index is 554. The molecule has 1 aromatic carbocycles. The number of halogens is 1. The highest BCUT2D eigenvalue weighted by Crippen LogP contribution is 2.22. The molecule has 0 amide bonds. The van der Waals surface area contributed by atoms with E-state index in [4.69, 9.17) is 0 Å². The Labute approximate surface area is 120 Å². The Balaban J connectivity index is 2.26. The minimum absolute atomic E-state index is 0.178. The van der Waals surface area contributed by atoms with Gasteiger partial charge in [0.15, 0.2) is 0 Å². The van der Waals surface area contributed by atoms with E-state index in [9.17, 15) is 4.39 Å². The number of benzene rings is 1. The van der Waals surface area contributed by atoms with Crippen LogP contribution in [0.25, 0.3) is 0 Å². The molecule has 1 N–H and O–H groups in total. The van der Waals surface area contributed by atoms with E-state index in [2.05, 4.69) is 30.2 Å². The summed E-state index contributed by atoms with van der Waals surface area (Å²) in [5.41, 5.74) is 3.51. The molecule has 1 aromatic heterocycles. The zero-order valence-electron chi connectivity index (χ0n) is 12.1. The lowest BCUT2D eigenvalue weighted by atomic mass is 9.95. The number of pyridine rings is 1. The molecule has 2 rings (SSSR count). The van der Waals surface area contributed by atoms with Gasteiger partial charge in [0, 0.05) is 18.4 Å². The number of nitrogens with one attached hydrogen (secondary N) is 1. The van der Waals surface area contributed by atoms with Crippen LogP contribution < -0.4 is 5.32 Å². The van der Waals surface area contributed by atoms with Gasteiger partial charge < -0.3 is 5.32 Å². The molecule has 0 spiro atoms. The minimum Gasteiger partial charge on any atom is -0.310 e. The van der Waals surface area contributed by atoms with E-state index in [0.717, 1.165) is 24.9 Å². The quantitative estimate of drug-likeness (QED) is 0.867. The van der Waals surface area contributed by atoms with Crippen molar-refractivity contribution in [3.8, 4) is 0 Å². The summed E-state index contributed by atoms with van der Waals surface area (Å²) in [6.07, 6.45) is 5.48. The molecule has 1 unspecified atom stereocenters. The molecule has 0 saturated carbocycles. The van der Waals surface area contributed by atoms with E-state index < -0.39 is 0 Å². The number of hydrogen-bond donors (Lipinski definition) is 1. The van der Waals surface area contributed by atoms with Crippen LogP contribution in [0.2, 0.25) is 0 Å². The van der Waals surface area contributed by atoms with Gasteiger partial charge in [-0.3, -0.25) is 4.98 Å². The predicted molar refractivity (Wildman–Crippen MR) is 80.1 cm³/mol. The first-order valence-electron chi connectivity index (χ1n) is 7.15. The maximum atomic E-state index is 13.3. The van der Waals surface area contributed by atoms with Crippen molar-refractivity contribution < 1.29 is 4.39 Å². The van der Waals surface area contributed by atoms with Gasteiger partial charge in [0.2, 0.25) is 0 Å². The molecule has 2 aromatic rings. The molecule has 0 saturated heterocycles. The van der Waals surface area contributed by atoms with Gasteiger partial charge in [-0.2, -0.15) is 0 Å². The normalized spacial score (nSPS) is 12.3. The average Bonchev–Trinajstić information content (AvgIpc) is 2.47. The van der Waals surface area contributed by atoms with Crippen molar-refractivity contribution in [3.05, 3.63) is 65.2 Å². The van der Waals surface area contributed by atoms with E-state index in [1.54, 1.807) is 12.1 Å². The molecule has 0 bridgehead atoms. The van der Waals surface area contributed by atoms with Crippen LogP contribution in [0.15, 0.2) is 42.7 Å². The molecule has 0 radical (unpaired) electrons. The number of nitrogens with zero attached hydrogens (tertiary/aromatic N) is 1. The minimum atomic E-state index is -0.178. The predicted octanol–water partition coefficient (Wildman–Crippen LogP) is 3.68. The fourth-order valence-corrected chi connectivity index (χ4v) is 2.51. The molecule has 0 aliphatic rings. The van der Waals surface area contributed by atoms with E-state index >= 15 is 0 Å².